The van der Waals surface area contributed by atoms with E-state index in [0.29, 0.717) is 83.9 Å². The van der Waals surface area contributed by atoms with Gasteiger partial charge in [0.1, 0.15) is 17.1 Å². The smallest absolute Gasteiger partial charge is 0.381 e. The second kappa shape index (κ2) is 13.9. The van der Waals surface area contributed by atoms with Crippen molar-refractivity contribution >= 4 is 22.8 Å². The Balaban J connectivity index is 1.06. The van der Waals surface area contributed by atoms with Crippen molar-refractivity contribution in [1.82, 2.24) is 29.2 Å². The number of aromatic amines is 1. The Hall–Kier alpha value is -5.82. The van der Waals surface area contributed by atoms with E-state index in [1.165, 1.54) is 11.1 Å². The van der Waals surface area contributed by atoms with Gasteiger partial charge in [0.25, 0.3) is 11.5 Å². The van der Waals surface area contributed by atoms with Gasteiger partial charge >= 0.3 is 5.76 Å². The molecule has 1 N–H and O–H groups in total. The van der Waals surface area contributed by atoms with Crippen molar-refractivity contribution in [3.8, 4) is 5.69 Å². The topological polar surface area (TPSA) is 131 Å². The molecule has 0 bridgehead atoms. The number of H-pyrrole nitrogens is 1. The zero-order valence-electron chi connectivity index (χ0n) is 33.0. The number of ether oxygens (including phenoxy) is 1. The fourth-order valence-electron chi connectivity index (χ4n) is 9.93. The monoisotopic (exact) mass is 783 g/mol. The largest absolute Gasteiger partial charge is 0.438 e. The molecule has 3 aromatic heterocycles. The van der Waals surface area contributed by atoms with Crippen LogP contribution in [0.25, 0.3) is 16.6 Å². The zero-order chi connectivity index (χ0) is 39.9. The van der Waals surface area contributed by atoms with Gasteiger partial charge in [0, 0.05) is 55.2 Å². The molecular weight excluding hydrogens is 738 g/mol. The molecule has 0 spiro atoms. The van der Waals surface area contributed by atoms with E-state index >= 15 is 4.79 Å². The summed E-state index contributed by atoms with van der Waals surface area (Å²) in [6, 6.07) is 22.2. The SMILES string of the molecule is Cc1cc(-n2c(N3CC[C@H](c4ccccc4)C3)nc3c(c2=O)CCN(C(=O)c2cc4cc(C5CCOCC5)ccc4n2[C@]2(c4noc(=O)[nH]4)C[C@@H]2C)C3)cc(C)c1F. The molecule has 3 aliphatic heterocycles. The standard InChI is InChI=1S/C45H46FN7O5/c1-26-19-34(20-27(2)39(26)46)52-40(54)35-12-16-50(25-36(35)47-43(52)51-15-11-32(24-51)29-7-5-4-6-8-29)41(55)38-22-33-21-31(30-13-17-57-18-14-30)9-10-37(33)53(38)45(23-28(45)3)42-48-44(56)58-49-42/h4-10,19-22,28,30,32H,11-18,23-25H2,1-3H3,(H,48,49,56)/t28-,32-,45+/m0/s1. The molecule has 3 aromatic carbocycles. The lowest BCUT2D eigenvalue weighted by Gasteiger charge is -2.31. The van der Waals surface area contributed by atoms with E-state index in [0.717, 1.165) is 43.4 Å². The van der Waals surface area contributed by atoms with Gasteiger partial charge in [0.05, 0.1) is 17.9 Å². The number of benzene rings is 3. The molecule has 6 aromatic rings. The summed E-state index contributed by atoms with van der Waals surface area (Å²) in [6.07, 6.45) is 3.74. The van der Waals surface area contributed by atoms with Crippen LogP contribution in [-0.4, -0.2) is 67.9 Å². The molecule has 3 atom stereocenters. The van der Waals surface area contributed by atoms with Crippen LogP contribution in [0.1, 0.15) is 94.3 Å². The summed E-state index contributed by atoms with van der Waals surface area (Å²) in [5.41, 5.74) is 5.43. The molecule has 1 amide bonds. The summed E-state index contributed by atoms with van der Waals surface area (Å²) < 4.78 is 29.3. The normalized spacial score (nSPS) is 22.1. The number of halogens is 1. The minimum atomic E-state index is -0.775. The number of hydrogen-bond donors (Lipinski definition) is 1. The Kier molecular flexibility index (Phi) is 8.77. The van der Waals surface area contributed by atoms with E-state index in [-0.39, 0.29) is 35.7 Å². The van der Waals surface area contributed by atoms with Gasteiger partial charge in [0.2, 0.25) is 5.95 Å². The number of nitrogens with one attached hydrogen (secondary N) is 1. The van der Waals surface area contributed by atoms with Crippen molar-refractivity contribution in [2.75, 3.05) is 37.7 Å². The number of anilines is 1. The summed E-state index contributed by atoms with van der Waals surface area (Å²) in [5, 5.41) is 5.09. The van der Waals surface area contributed by atoms with Gasteiger partial charge in [-0.3, -0.25) is 19.1 Å². The highest BCUT2D eigenvalue weighted by Gasteiger charge is 2.59. The highest BCUT2D eigenvalue weighted by molar-refractivity contribution is 5.99. The van der Waals surface area contributed by atoms with Gasteiger partial charge in [-0.1, -0.05) is 48.5 Å². The Morgan fingerprint density at radius 2 is 1.69 bits per heavy atom. The van der Waals surface area contributed by atoms with Crippen LogP contribution in [0.5, 0.6) is 0 Å². The van der Waals surface area contributed by atoms with Crippen LogP contribution in [-0.2, 0) is 23.2 Å². The van der Waals surface area contributed by atoms with Crippen molar-refractivity contribution in [3.05, 3.63) is 138 Å². The average Bonchev–Trinajstić information content (AvgIpc) is 3.66. The first-order valence-electron chi connectivity index (χ1n) is 20.4. The fourth-order valence-corrected chi connectivity index (χ4v) is 9.93. The lowest BCUT2D eigenvalue weighted by Crippen LogP contribution is -2.43. The van der Waals surface area contributed by atoms with E-state index in [2.05, 4.69) is 56.9 Å². The summed E-state index contributed by atoms with van der Waals surface area (Å²) in [6.45, 7) is 8.76. The van der Waals surface area contributed by atoms with Gasteiger partial charge in [-0.2, -0.15) is 0 Å². The van der Waals surface area contributed by atoms with Crippen molar-refractivity contribution in [1.29, 1.82) is 0 Å². The molecule has 3 fully saturated rings. The summed E-state index contributed by atoms with van der Waals surface area (Å²) in [7, 11) is 0. The number of fused-ring (bicyclic) bond motifs is 2. The van der Waals surface area contributed by atoms with Crippen LogP contribution in [0.2, 0.25) is 0 Å². The van der Waals surface area contributed by atoms with Crippen LogP contribution in [0.15, 0.2) is 80.8 Å². The maximum atomic E-state index is 15.0. The predicted octanol–water partition coefficient (Wildman–Crippen LogP) is 6.49. The number of amides is 1. The van der Waals surface area contributed by atoms with Crippen LogP contribution >= 0.6 is 0 Å². The second-order valence-corrected chi connectivity index (χ2v) is 16.7. The summed E-state index contributed by atoms with van der Waals surface area (Å²) in [4.78, 5) is 54.0. The Labute approximate surface area is 334 Å². The van der Waals surface area contributed by atoms with Crippen molar-refractivity contribution < 1.29 is 18.4 Å². The van der Waals surface area contributed by atoms with Gasteiger partial charge < -0.3 is 19.1 Å². The molecule has 10 rings (SSSR count). The minimum absolute atomic E-state index is 0.0641. The molecule has 0 unspecified atom stereocenters. The lowest BCUT2D eigenvalue weighted by atomic mass is 9.91. The number of rotatable bonds is 7. The maximum Gasteiger partial charge on any atom is 0.438 e. The van der Waals surface area contributed by atoms with Gasteiger partial charge in [-0.15, -0.1) is 0 Å². The Morgan fingerprint density at radius 1 is 0.931 bits per heavy atom. The third-order valence-electron chi connectivity index (χ3n) is 13.2. The average molecular weight is 784 g/mol. The first kappa shape index (κ1) is 36.5. The maximum absolute atomic E-state index is 15.0. The van der Waals surface area contributed by atoms with Gasteiger partial charge in [-0.25, -0.2) is 18.7 Å². The van der Waals surface area contributed by atoms with Crippen LogP contribution < -0.4 is 16.2 Å². The van der Waals surface area contributed by atoms with Crippen LogP contribution in [0, 0.1) is 25.6 Å². The number of hydrogen-bond acceptors (Lipinski definition) is 8. The molecule has 12 nitrogen and oxygen atoms in total. The number of aryl methyl sites for hydroxylation is 2. The molecule has 6 heterocycles. The third-order valence-corrected chi connectivity index (χ3v) is 13.2. The summed E-state index contributed by atoms with van der Waals surface area (Å²) in [5.74, 6) is 0.449. The molecule has 13 heteroatoms. The van der Waals surface area contributed by atoms with Crippen LogP contribution in [0.3, 0.4) is 0 Å². The molecular formula is C45H46FN7O5. The fraction of sp³-hybridized carbons (Fsp3) is 0.400. The first-order valence-corrected chi connectivity index (χ1v) is 20.4. The van der Waals surface area contributed by atoms with Gasteiger partial charge in [-0.05, 0) is 110 Å². The van der Waals surface area contributed by atoms with Crippen LogP contribution in [0.4, 0.5) is 10.3 Å². The van der Waals surface area contributed by atoms with Crippen molar-refractivity contribution in [3.63, 3.8) is 0 Å². The van der Waals surface area contributed by atoms with E-state index in [4.69, 9.17) is 14.2 Å². The number of nitrogens with zero attached hydrogens (tertiary/aromatic N) is 6. The molecule has 1 aliphatic carbocycles. The lowest BCUT2D eigenvalue weighted by molar-refractivity contribution is 0.0717. The first-order chi connectivity index (χ1) is 28.1. The highest BCUT2D eigenvalue weighted by Crippen LogP contribution is 2.56. The van der Waals surface area contributed by atoms with E-state index in [1.54, 1.807) is 35.4 Å². The second-order valence-electron chi connectivity index (χ2n) is 16.7. The summed E-state index contributed by atoms with van der Waals surface area (Å²) >= 11 is 0. The quantitative estimate of drug-likeness (QED) is 0.195. The van der Waals surface area contributed by atoms with Crippen molar-refractivity contribution in [2.24, 2.45) is 5.92 Å². The molecule has 2 saturated heterocycles. The minimum Gasteiger partial charge on any atom is -0.381 e. The molecule has 0 radical (unpaired) electrons. The van der Waals surface area contributed by atoms with Gasteiger partial charge in [0.15, 0.2) is 5.82 Å². The Morgan fingerprint density at radius 3 is 2.40 bits per heavy atom. The molecule has 298 valence electrons. The Bertz CT molecular complexity index is 2690. The number of carbonyl (C=O) groups excluding carboxylic acids is 1. The van der Waals surface area contributed by atoms with Crippen molar-refractivity contribution in [2.45, 2.75) is 76.8 Å². The number of carbonyl (C=O) groups is 1. The number of aromatic nitrogens is 5. The molecule has 4 aliphatic rings. The third kappa shape index (κ3) is 5.92. The predicted molar refractivity (Wildman–Crippen MR) is 216 cm³/mol. The van der Waals surface area contributed by atoms with E-state index in [1.807, 2.05) is 24.3 Å². The molecule has 58 heavy (non-hydrogen) atoms. The molecule has 1 saturated carbocycles. The zero-order valence-corrected chi connectivity index (χ0v) is 33.0. The highest BCUT2D eigenvalue weighted by atomic mass is 19.1. The van der Waals surface area contributed by atoms with E-state index in [9.17, 15) is 14.0 Å². The van der Waals surface area contributed by atoms with E-state index < -0.39 is 11.3 Å².